The van der Waals surface area contributed by atoms with E-state index in [9.17, 15) is 4.79 Å². The van der Waals surface area contributed by atoms with Gasteiger partial charge in [0.1, 0.15) is 5.78 Å². The molecule has 1 aromatic heterocycles. The van der Waals surface area contributed by atoms with E-state index in [0.29, 0.717) is 12.2 Å². The summed E-state index contributed by atoms with van der Waals surface area (Å²) >= 11 is 0. The fourth-order valence-corrected chi connectivity index (χ4v) is 3.06. The largest absolute Gasteiger partial charge is 0.299 e. The predicted molar refractivity (Wildman–Crippen MR) is 77.2 cm³/mol. The first-order chi connectivity index (χ1) is 9.22. The molecule has 0 aromatic carbocycles. The van der Waals surface area contributed by atoms with Gasteiger partial charge in [-0.3, -0.25) is 9.48 Å². The zero-order chi connectivity index (χ0) is 13.7. The summed E-state index contributed by atoms with van der Waals surface area (Å²) in [7, 11) is 0. The van der Waals surface area contributed by atoms with Crippen molar-refractivity contribution in [1.29, 1.82) is 0 Å². The van der Waals surface area contributed by atoms with E-state index >= 15 is 0 Å². The second-order valence-corrected chi connectivity index (χ2v) is 5.70. The Morgan fingerprint density at radius 3 is 2.74 bits per heavy atom. The van der Waals surface area contributed by atoms with Crippen LogP contribution in [0.5, 0.6) is 0 Å². The van der Waals surface area contributed by atoms with Crippen LogP contribution in [-0.2, 0) is 24.2 Å². The molecule has 19 heavy (non-hydrogen) atoms. The van der Waals surface area contributed by atoms with Crippen molar-refractivity contribution in [3.05, 3.63) is 17.5 Å². The number of ketones is 1. The van der Waals surface area contributed by atoms with Crippen LogP contribution >= 0.6 is 0 Å². The van der Waals surface area contributed by atoms with Crippen molar-refractivity contribution in [3.8, 4) is 0 Å². The van der Waals surface area contributed by atoms with Crippen molar-refractivity contribution in [2.75, 3.05) is 0 Å². The van der Waals surface area contributed by atoms with Crippen LogP contribution in [0, 0.1) is 5.92 Å². The summed E-state index contributed by atoms with van der Waals surface area (Å²) in [5.74, 6) is 1.19. The van der Waals surface area contributed by atoms with E-state index in [1.165, 1.54) is 25.7 Å². The lowest BCUT2D eigenvalue weighted by molar-refractivity contribution is -0.118. The van der Waals surface area contributed by atoms with Crippen LogP contribution < -0.4 is 0 Å². The Kier molecular flexibility index (Phi) is 5.17. The van der Waals surface area contributed by atoms with Gasteiger partial charge in [0, 0.05) is 25.1 Å². The predicted octanol–water partition coefficient (Wildman–Crippen LogP) is 3.55. The molecule has 3 nitrogen and oxygen atoms in total. The lowest BCUT2D eigenvalue weighted by Crippen LogP contribution is -2.10. The molecule has 0 amide bonds. The number of hydrogen-bond acceptors (Lipinski definition) is 2. The minimum atomic E-state index is 0.379. The third-order valence-electron chi connectivity index (χ3n) is 4.26. The molecule has 106 valence electrons. The second kappa shape index (κ2) is 6.88. The topological polar surface area (TPSA) is 34.9 Å². The van der Waals surface area contributed by atoms with Gasteiger partial charge in [-0.15, -0.1) is 0 Å². The number of Topliss-reactive ketones (excluding diaryl/α,β-unsaturated/α-hetero) is 1. The molecule has 1 aromatic rings. The number of aryl methyl sites for hydroxylation is 2. The van der Waals surface area contributed by atoms with Gasteiger partial charge < -0.3 is 0 Å². The summed E-state index contributed by atoms with van der Waals surface area (Å²) in [6, 6.07) is 2.09. The highest BCUT2D eigenvalue weighted by Gasteiger charge is 2.17. The summed E-state index contributed by atoms with van der Waals surface area (Å²) < 4.78 is 1.98. The minimum Gasteiger partial charge on any atom is -0.299 e. The standard InChI is InChI=1S/C16H26N2O/c1-3-14-11-15(18(4-2)17-14)12-16(19)10-9-13-7-5-6-8-13/h11,13H,3-10,12H2,1-2H3. The first-order valence-electron chi connectivity index (χ1n) is 7.80. The quantitative estimate of drug-likeness (QED) is 0.753. The third-order valence-corrected chi connectivity index (χ3v) is 4.26. The van der Waals surface area contributed by atoms with Crippen molar-refractivity contribution in [2.45, 2.75) is 71.8 Å². The molecule has 1 heterocycles. The van der Waals surface area contributed by atoms with Crippen LogP contribution in [0.2, 0.25) is 0 Å². The molecule has 3 heteroatoms. The van der Waals surface area contributed by atoms with E-state index in [-0.39, 0.29) is 0 Å². The smallest absolute Gasteiger partial charge is 0.138 e. The number of carbonyl (C=O) groups is 1. The first-order valence-corrected chi connectivity index (χ1v) is 7.80. The van der Waals surface area contributed by atoms with Gasteiger partial charge in [-0.05, 0) is 31.7 Å². The van der Waals surface area contributed by atoms with Gasteiger partial charge in [-0.2, -0.15) is 5.10 Å². The van der Waals surface area contributed by atoms with Crippen molar-refractivity contribution in [1.82, 2.24) is 9.78 Å². The second-order valence-electron chi connectivity index (χ2n) is 5.70. The van der Waals surface area contributed by atoms with Crippen molar-refractivity contribution in [3.63, 3.8) is 0 Å². The number of carbonyl (C=O) groups excluding carboxylic acids is 1. The lowest BCUT2D eigenvalue weighted by atomic mass is 9.99. The Labute approximate surface area is 116 Å². The molecule has 2 rings (SSSR count). The molecule has 1 fully saturated rings. The maximum atomic E-state index is 12.1. The molecule has 0 spiro atoms. The maximum Gasteiger partial charge on any atom is 0.138 e. The fourth-order valence-electron chi connectivity index (χ4n) is 3.06. The maximum absolute atomic E-state index is 12.1. The van der Waals surface area contributed by atoms with Crippen LogP contribution in [0.15, 0.2) is 6.07 Å². The van der Waals surface area contributed by atoms with Gasteiger partial charge in [-0.25, -0.2) is 0 Å². The number of nitrogens with zero attached hydrogens (tertiary/aromatic N) is 2. The Balaban J connectivity index is 1.85. The van der Waals surface area contributed by atoms with Crippen molar-refractivity contribution >= 4 is 5.78 Å². The van der Waals surface area contributed by atoms with Crippen molar-refractivity contribution in [2.24, 2.45) is 5.92 Å². The van der Waals surface area contributed by atoms with Crippen LogP contribution in [0.25, 0.3) is 0 Å². The summed E-state index contributed by atoms with van der Waals surface area (Å²) in [6.45, 7) is 5.04. The molecule has 0 bridgehead atoms. The molecule has 0 atom stereocenters. The van der Waals surface area contributed by atoms with E-state index in [1.54, 1.807) is 0 Å². The van der Waals surface area contributed by atoms with Gasteiger partial charge in [0.05, 0.1) is 5.69 Å². The average molecular weight is 262 g/mol. The molecular weight excluding hydrogens is 236 g/mol. The minimum absolute atomic E-state index is 0.379. The SMILES string of the molecule is CCc1cc(CC(=O)CCC2CCCC2)n(CC)n1. The van der Waals surface area contributed by atoms with Crippen LogP contribution in [0.3, 0.4) is 0 Å². The zero-order valence-corrected chi connectivity index (χ0v) is 12.3. The van der Waals surface area contributed by atoms with E-state index in [0.717, 1.165) is 43.1 Å². The number of aromatic nitrogens is 2. The van der Waals surface area contributed by atoms with E-state index in [1.807, 2.05) is 4.68 Å². The zero-order valence-electron chi connectivity index (χ0n) is 12.3. The summed E-state index contributed by atoms with van der Waals surface area (Å²) in [4.78, 5) is 12.1. The monoisotopic (exact) mass is 262 g/mol. The van der Waals surface area contributed by atoms with Crippen molar-refractivity contribution < 1.29 is 4.79 Å². The summed E-state index contributed by atoms with van der Waals surface area (Å²) in [5, 5.41) is 4.50. The number of hydrogen-bond donors (Lipinski definition) is 0. The van der Waals surface area contributed by atoms with Crippen LogP contribution in [0.4, 0.5) is 0 Å². The van der Waals surface area contributed by atoms with Gasteiger partial charge in [-0.1, -0.05) is 32.6 Å². The molecule has 1 saturated carbocycles. The molecule has 1 aliphatic rings. The van der Waals surface area contributed by atoms with Gasteiger partial charge in [0.2, 0.25) is 0 Å². The molecule has 0 unspecified atom stereocenters. The van der Waals surface area contributed by atoms with Crippen LogP contribution in [-0.4, -0.2) is 15.6 Å². The van der Waals surface area contributed by atoms with Gasteiger partial charge in [0.15, 0.2) is 0 Å². The highest BCUT2D eigenvalue weighted by atomic mass is 16.1. The van der Waals surface area contributed by atoms with Gasteiger partial charge >= 0.3 is 0 Å². The normalized spacial score (nSPS) is 16.1. The Bertz CT molecular complexity index is 416. The molecule has 0 aliphatic heterocycles. The first kappa shape index (κ1) is 14.3. The van der Waals surface area contributed by atoms with Gasteiger partial charge in [0.25, 0.3) is 0 Å². The molecule has 0 N–H and O–H groups in total. The Morgan fingerprint density at radius 2 is 2.11 bits per heavy atom. The average Bonchev–Trinajstić information content (AvgIpc) is 3.05. The Morgan fingerprint density at radius 1 is 1.37 bits per heavy atom. The van der Waals surface area contributed by atoms with Crippen LogP contribution in [0.1, 0.15) is 63.8 Å². The lowest BCUT2D eigenvalue weighted by Gasteiger charge is -2.08. The van der Waals surface area contributed by atoms with E-state index < -0.39 is 0 Å². The molecular formula is C16H26N2O. The fraction of sp³-hybridized carbons (Fsp3) is 0.750. The molecule has 1 aliphatic carbocycles. The third kappa shape index (κ3) is 3.92. The summed E-state index contributed by atoms with van der Waals surface area (Å²) in [6.07, 6.45) is 8.74. The number of rotatable bonds is 7. The molecule has 0 saturated heterocycles. The molecule has 0 radical (unpaired) electrons. The Hall–Kier alpha value is -1.12. The van der Waals surface area contributed by atoms with E-state index in [2.05, 4.69) is 25.0 Å². The van der Waals surface area contributed by atoms with E-state index in [4.69, 9.17) is 0 Å². The summed E-state index contributed by atoms with van der Waals surface area (Å²) in [5.41, 5.74) is 2.19. The highest BCUT2D eigenvalue weighted by molar-refractivity contribution is 5.80. The highest BCUT2D eigenvalue weighted by Crippen LogP contribution is 2.28.